The molecule has 15 heavy (non-hydrogen) atoms. The van der Waals surface area contributed by atoms with Gasteiger partial charge in [0.15, 0.2) is 11.5 Å². The minimum Gasteiger partial charge on any atom is -0.490 e. The first kappa shape index (κ1) is 9.83. The number of nitrogens with two attached hydrogens (primary N) is 1. The van der Waals surface area contributed by atoms with Crippen LogP contribution in [0.15, 0.2) is 18.2 Å². The Morgan fingerprint density at radius 1 is 1.27 bits per heavy atom. The molecule has 1 aromatic rings. The molecule has 0 bridgehead atoms. The minimum absolute atomic E-state index is 0.233. The number of hydrogen-bond acceptors (Lipinski definition) is 3. The van der Waals surface area contributed by atoms with E-state index in [0.717, 1.165) is 17.7 Å². The van der Waals surface area contributed by atoms with Crippen LogP contribution in [0.2, 0.25) is 0 Å². The highest BCUT2D eigenvalue weighted by atomic mass is 16.5. The molecule has 0 aromatic heterocycles. The third-order valence-electron chi connectivity index (χ3n) is 2.19. The van der Waals surface area contributed by atoms with Gasteiger partial charge in [0.2, 0.25) is 5.91 Å². The molecule has 1 heterocycles. The second-order valence-corrected chi connectivity index (χ2v) is 3.47. The van der Waals surface area contributed by atoms with Crippen LogP contribution in [0.1, 0.15) is 12.0 Å². The summed E-state index contributed by atoms with van der Waals surface area (Å²) in [6, 6.07) is 5.46. The highest BCUT2D eigenvalue weighted by Crippen LogP contribution is 2.30. The Kier molecular flexibility index (Phi) is 2.76. The summed E-state index contributed by atoms with van der Waals surface area (Å²) in [6.45, 7) is 1.31. The lowest BCUT2D eigenvalue weighted by Crippen LogP contribution is -2.13. The lowest BCUT2D eigenvalue weighted by Gasteiger charge is -2.08. The minimum atomic E-state index is -0.343. The Labute approximate surface area is 88.0 Å². The number of benzene rings is 1. The molecule has 2 rings (SSSR count). The summed E-state index contributed by atoms with van der Waals surface area (Å²) in [4.78, 5) is 10.8. The first-order chi connectivity index (χ1) is 7.25. The van der Waals surface area contributed by atoms with Gasteiger partial charge >= 0.3 is 0 Å². The van der Waals surface area contributed by atoms with Crippen molar-refractivity contribution in [3.63, 3.8) is 0 Å². The van der Waals surface area contributed by atoms with Gasteiger partial charge in [0.05, 0.1) is 19.6 Å². The van der Waals surface area contributed by atoms with Crippen LogP contribution in [-0.4, -0.2) is 19.1 Å². The summed E-state index contributed by atoms with van der Waals surface area (Å²) in [7, 11) is 0. The summed E-state index contributed by atoms with van der Waals surface area (Å²) in [5.41, 5.74) is 5.97. The van der Waals surface area contributed by atoms with Gasteiger partial charge in [-0.3, -0.25) is 4.79 Å². The molecule has 0 saturated carbocycles. The van der Waals surface area contributed by atoms with Crippen LogP contribution < -0.4 is 15.2 Å². The van der Waals surface area contributed by atoms with E-state index in [0.29, 0.717) is 19.0 Å². The molecule has 80 valence electrons. The van der Waals surface area contributed by atoms with Crippen molar-refractivity contribution in [3.8, 4) is 11.5 Å². The molecule has 1 amide bonds. The van der Waals surface area contributed by atoms with Gasteiger partial charge in [0.25, 0.3) is 0 Å². The second-order valence-electron chi connectivity index (χ2n) is 3.47. The van der Waals surface area contributed by atoms with E-state index in [1.165, 1.54) is 0 Å². The first-order valence-electron chi connectivity index (χ1n) is 4.92. The summed E-state index contributed by atoms with van der Waals surface area (Å²) in [6.07, 6.45) is 1.11. The van der Waals surface area contributed by atoms with E-state index in [9.17, 15) is 4.79 Å². The first-order valence-corrected chi connectivity index (χ1v) is 4.92. The van der Waals surface area contributed by atoms with Crippen molar-refractivity contribution >= 4 is 5.91 Å². The van der Waals surface area contributed by atoms with Gasteiger partial charge in [-0.15, -0.1) is 0 Å². The topological polar surface area (TPSA) is 61.6 Å². The van der Waals surface area contributed by atoms with E-state index in [-0.39, 0.29) is 12.3 Å². The molecule has 0 atom stereocenters. The summed E-state index contributed by atoms with van der Waals surface area (Å²) < 4.78 is 11.0. The quantitative estimate of drug-likeness (QED) is 0.782. The van der Waals surface area contributed by atoms with E-state index in [1.807, 2.05) is 18.2 Å². The third kappa shape index (κ3) is 2.40. The smallest absolute Gasteiger partial charge is 0.221 e. The van der Waals surface area contributed by atoms with Crippen molar-refractivity contribution in [1.82, 2.24) is 0 Å². The van der Waals surface area contributed by atoms with Crippen LogP contribution in [0.4, 0.5) is 0 Å². The highest BCUT2D eigenvalue weighted by Gasteiger charge is 2.11. The van der Waals surface area contributed by atoms with E-state index < -0.39 is 0 Å². The third-order valence-corrected chi connectivity index (χ3v) is 2.19. The fourth-order valence-corrected chi connectivity index (χ4v) is 1.52. The lowest BCUT2D eigenvalue weighted by molar-refractivity contribution is -0.117. The summed E-state index contributed by atoms with van der Waals surface area (Å²) in [5.74, 6) is 1.09. The number of fused-ring (bicyclic) bond motifs is 1. The number of ether oxygens (including phenoxy) is 2. The second kappa shape index (κ2) is 4.21. The van der Waals surface area contributed by atoms with E-state index >= 15 is 0 Å². The van der Waals surface area contributed by atoms with Crippen molar-refractivity contribution in [2.24, 2.45) is 5.73 Å². The van der Waals surface area contributed by atoms with Crippen molar-refractivity contribution in [1.29, 1.82) is 0 Å². The maximum absolute atomic E-state index is 10.8. The number of rotatable bonds is 2. The van der Waals surface area contributed by atoms with Crippen molar-refractivity contribution in [2.45, 2.75) is 12.8 Å². The predicted octanol–water partition coefficient (Wildman–Crippen LogP) is 0.876. The average Bonchev–Trinajstić information content (AvgIpc) is 2.41. The van der Waals surface area contributed by atoms with Gasteiger partial charge in [-0.05, 0) is 17.7 Å². The van der Waals surface area contributed by atoms with Crippen LogP contribution in [0.3, 0.4) is 0 Å². The average molecular weight is 207 g/mol. The van der Waals surface area contributed by atoms with E-state index in [1.54, 1.807) is 0 Å². The number of amides is 1. The molecule has 0 radical (unpaired) electrons. The van der Waals surface area contributed by atoms with Gasteiger partial charge in [0.1, 0.15) is 0 Å². The van der Waals surface area contributed by atoms with Gasteiger partial charge < -0.3 is 15.2 Å². The number of primary amides is 1. The van der Waals surface area contributed by atoms with Crippen molar-refractivity contribution in [2.75, 3.05) is 13.2 Å². The standard InChI is InChI=1S/C11H13NO3/c12-11(13)7-8-2-3-9-10(6-8)15-5-1-4-14-9/h2-3,6H,1,4-5,7H2,(H2,12,13). The zero-order valence-electron chi connectivity index (χ0n) is 8.36. The maximum atomic E-state index is 10.8. The molecule has 1 aromatic carbocycles. The Bertz CT molecular complexity index is 376. The molecule has 0 fully saturated rings. The Hall–Kier alpha value is -1.71. The molecule has 0 unspecified atom stereocenters. The molecular formula is C11H13NO3. The van der Waals surface area contributed by atoms with E-state index in [2.05, 4.69) is 0 Å². The van der Waals surface area contributed by atoms with Crippen molar-refractivity contribution in [3.05, 3.63) is 23.8 Å². The Morgan fingerprint density at radius 2 is 2.00 bits per heavy atom. The largest absolute Gasteiger partial charge is 0.490 e. The highest BCUT2D eigenvalue weighted by molar-refractivity contribution is 5.76. The molecule has 0 spiro atoms. The molecule has 2 N–H and O–H groups in total. The number of carbonyl (C=O) groups excluding carboxylic acids is 1. The van der Waals surface area contributed by atoms with Crippen LogP contribution in [0, 0.1) is 0 Å². The molecule has 1 aliphatic rings. The van der Waals surface area contributed by atoms with Crippen LogP contribution in [-0.2, 0) is 11.2 Å². The van der Waals surface area contributed by atoms with E-state index in [4.69, 9.17) is 15.2 Å². The fraction of sp³-hybridized carbons (Fsp3) is 0.364. The van der Waals surface area contributed by atoms with Crippen LogP contribution >= 0.6 is 0 Å². The molecule has 0 aliphatic carbocycles. The fourth-order valence-electron chi connectivity index (χ4n) is 1.52. The maximum Gasteiger partial charge on any atom is 0.221 e. The molecule has 0 saturated heterocycles. The summed E-state index contributed by atoms with van der Waals surface area (Å²) >= 11 is 0. The van der Waals surface area contributed by atoms with Crippen LogP contribution in [0.25, 0.3) is 0 Å². The SMILES string of the molecule is NC(=O)Cc1ccc2c(c1)OCCCO2. The predicted molar refractivity (Wildman–Crippen MR) is 54.9 cm³/mol. The molecule has 4 heteroatoms. The Morgan fingerprint density at radius 3 is 2.73 bits per heavy atom. The number of carbonyl (C=O) groups is 1. The Balaban J connectivity index is 2.23. The van der Waals surface area contributed by atoms with Gasteiger partial charge in [-0.2, -0.15) is 0 Å². The summed E-state index contributed by atoms with van der Waals surface area (Å²) in [5, 5.41) is 0. The molecule has 4 nitrogen and oxygen atoms in total. The zero-order chi connectivity index (χ0) is 10.7. The van der Waals surface area contributed by atoms with Gasteiger partial charge in [-0.1, -0.05) is 6.07 Å². The van der Waals surface area contributed by atoms with Crippen LogP contribution in [0.5, 0.6) is 11.5 Å². The van der Waals surface area contributed by atoms with Crippen molar-refractivity contribution < 1.29 is 14.3 Å². The molecule has 1 aliphatic heterocycles. The molecular weight excluding hydrogens is 194 g/mol. The lowest BCUT2D eigenvalue weighted by atomic mass is 10.1. The normalized spacial score (nSPS) is 14.4. The van der Waals surface area contributed by atoms with Gasteiger partial charge in [-0.25, -0.2) is 0 Å². The monoisotopic (exact) mass is 207 g/mol. The number of hydrogen-bond donors (Lipinski definition) is 1. The van der Waals surface area contributed by atoms with Gasteiger partial charge in [0, 0.05) is 6.42 Å². The zero-order valence-corrected chi connectivity index (χ0v) is 8.36.